The fourth-order valence-corrected chi connectivity index (χ4v) is 2.45. The minimum absolute atomic E-state index is 0. The van der Waals surface area contributed by atoms with Crippen LogP contribution in [-0.4, -0.2) is 27.3 Å². The van der Waals surface area contributed by atoms with Crippen molar-refractivity contribution in [2.24, 2.45) is 12.0 Å². The van der Waals surface area contributed by atoms with E-state index in [1.54, 1.807) is 30.6 Å². The highest BCUT2D eigenvalue weighted by Gasteiger charge is 2.03. The Balaban J connectivity index is 0.00000300. The Kier molecular flexibility index (Phi) is 8.84. The van der Waals surface area contributed by atoms with Crippen molar-refractivity contribution in [3.05, 3.63) is 71.9 Å². The molecule has 0 aliphatic heterocycles. The molecule has 2 heterocycles. The highest BCUT2D eigenvalue weighted by atomic mass is 127. The van der Waals surface area contributed by atoms with Crippen LogP contribution in [0.1, 0.15) is 18.2 Å². The third-order valence-corrected chi connectivity index (χ3v) is 3.96. The molecule has 7 nitrogen and oxygen atoms in total. The van der Waals surface area contributed by atoms with Crippen LogP contribution >= 0.6 is 24.0 Å². The van der Waals surface area contributed by atoms with Crippen molar-refractivity contribution in [3.8, 4) is 11.6 Å². The Hall–Kier alpha value is -2.69. The molecule has 0 amide bonds. The minimum atomic E-state index is -0.304. The zero-order chi connectivity index (χ0) is 19.8. The first-order valence-electron chi connectivity index (χ1n) is 9.01. The standard InChI is InChI=1S/C20H23FN6O.HI/c1-3-22-20(25-14-17-10-11-26-27(17)2)24-13-15-4-9-19(23-12-15)28-18-7-5-16(21)6-8-18;/h4-12H,3,13-14H2,1-2H3,(H2,22,24,25);1H. The third kappa shape index (κ3) is 7.00. The van der Waals surface area contributed by atoms with Crippen LogP contribution in [-0.2, 0) is 20.1 Å². The average Bonchev–Trinajstić information content (AvgIpc) is 3.12. The molecular formula is C20H24FIN6O. The van der Waals surface area contributed by atoms with Crippen LogP contribution in [0.15, 0.2) is 59.9 Å². The van der Waals surface area contributed by atoms with Gasteiger partial charge in [0.25, 0.3) is 0 Å². The molecule has 1 aromatic carbocycles. The molecule has 0 radical (unpaired) electrons. The molecule has 0 saturated heterocycles. The second-order valence-corrected chi connectivity index (χ2v) is 6.06. The van der Waals surface area contributed by atoms with Crippen molar-refractivity contribution >= 4 is 29.9 Å². The van der Waals surface area contributed by atoms with E-state index in [2.05, 4.69) is 25.7 Å². The van der Waals surface area contributed by atoms with Crippen LogP contribution in [0.5, 0.6) is 11.6 Å². The Morgan fingerprint density at radius 3 is 2.55 bits per heavy atom. The van der Waals surface area contributed by atoms with Gasteiger partial charge in [0.15, 0.2) is 5.96 Å². The van der Waals surface area contributed by atoms with Crippen LogP contribution in [0.4, 0.5) is 4.39 Å². The molecule has 29 heavy (non-hydrogen) atoms. The van der Waals surface area contributed by atoms with E-state index in [1.807, 2.05) is 30.8 Å². The molecule has 0 aliphatic carbocycles. The summed E-state index contributed by atoms with van der Waals surface area (Å²) in [5.74, 6) is 1.39. The fourth-order valence-electron chi connectivity index (χ4n) is 2.45. The number of hydrogen-bond donors (Lipinski definition) is 2. The van der Waals surface area contributed by atoms with Gasteiger partial charge in [0, 0.05) is 32.1 Å². The van der Waals surface area contributed by atoms with Gasteiger partial charge in [0.05, 0.1) is 18.8 Å². The smallest absolute Gasteiger partial charge is 0.219 e. The number of aryl methyl sites for hydroxylation is 1. The largest absolute Gasteiger partial charge is 0.439 e. The quantitative estimate of drug-likeness (QED) is 0.289. The lowest BCUT2D eigenvalue weighted by atomic mass is 10.3. The van der Waals surface area contributed by atoms with Gasteiger partial charge in [-0.2, -0.15) is 5.10 Å². The fraction of sp³-hybridized carbons (Fsp3) is 0.250. The highest BCUT2D eigenvalue weighted by Crippen LogP contribution is 2.19. The number of hydrogen-bond acceptors (Lipinski definition) is 4. The van der Waals surface area contributed by atoms with Crippen LogP contribution in [0.3, 0.4) is 0 Å². The molecule has 2 N–H and O–H groups in total. The molecule has 3 rings (SSSR count). The van der Waals surface area contributed by atoms with Crippen molar-refractivity contribution in [1.82, 2.24) is 25.4 Å². The summed E-state index contributed by atoms with van der Waals surface area (Å²) in [6, 6.07) is 11.4. The SMILES string of the molecule is CCNC(=NCc1ccc(Oc2ccc(F)cc2)nc1)NCc1ccnn1C.I. The molecule has 0 aliphatic rings. The van der Waals surface area contributed by atoms with Crippen molar-refractivity contribution < 1.29 is 9.13 Å². The molecular weight excluding hydrogens is 486 g/mol. The van der Waals surface area contributed by atoms with Gasteiger partial charge in [0.2, 0.25) is 5.88 Å². The summed E-state index contributed by atoms with van der Waals surface area (Å²) >= 11 is 0. The first-order valence-corrected chi connectivity index (χ1v) is 9.01. The van der Waals surface area contributed by atoms with Crippen molar-refractivity contribution in [1.29, 1.82) is 0 Å². The van der Waals surface area contributed by atoms with Crippen molar-refractivity contribution in [2.75, 3.05) is 6.54 Å². The van der Waals surface area contributed by atoms with Gasteiger partial charge < -0.3 is 15.4 Å². The molecule has 0 bridgehead atoms. The van der Waals surface area contributed by atoms with Gasteiger partial charge in [-0.3, -0.25) is 4.68 Å². The lowest BCUT2D eigenvalue weighted by molar-refractivity contribution is 0.461. The van der Waals surface area contributed by atoms with Gasteiger partial charge in [-0.25, -0.2) is 14.4 Å². The van der Waals surface area contributed by atoms with Gasteiger partial charge >= 0.3 is 0 Å². The Morgan fingerprint density at radius 2 is 1.93 bits per heavy atom. The molecule has 3 aromatic rings. The number of rotatable bonds is 7. The lowest BCUT2D eigenvalue weighted by Crippen LogP contribution is -2.37. The minimum Gasteiger partial charge on any atom is -0.439 e. The van der Waals surface area contributed by atoms with Crippen LogP contribution in [0, 0.1) is 5.82 Å². The number of nitrogens with one attached hydrogen (secondary N) is 2. The summed E-state index contributed by atoms with van der Waals surface area (Å²) in [4.78, 5) is 8.86. The summed E-state index contributed by atoms with van der Waals surface area (Å²) in [5, 5.41) is 10.7. The molecule has 9 heteroatoms. The van der Waals surface area contributed by atoms with E-state index in [4.69, 9.17) is 4.74 Å². The predicted octanol–water partition coefficient (Wildman–Crippen LogP) is 3.62. The lowest BCUT2D eigenvalue weighted by Gasteiger charge is -2.11. The van der Waals surface area contributed by atoms with E-state index in [1.165, 1.54) is 12.1 Å². The van der Waals surface area contributed by atoms with Gasteiger partial charge in [0.1, 0.15) is 11.6 Å². The van der Waals surface area contributed by atoms with Crippen molar-refractivity contribution in [3.63, 3.8) is 0 Å². The highest BCUT2D eigenvalue weighted by molar-refractivity contribution is 14.0. The number of aliphatic imine (C=N–C) groups is 1. The summed E-state index contributed by atoms with van der Waals surface area (Å²) < 4.78 is 20.4. The van der Waals surface area contributed by atoms with Crippen molar-refractivity contribution in [2.45, 2.75) is 20.0 Å². The summed E-state index contributed by atoms with van der Waals surface area (Å²) in [5.41, 5.74) is 2.01. The zero-order valence-corrected chi connectivity index (χ0v) is 18.6. The van der Waals surface area contributed by atoms with Gasteiger partial charge in [-0.15, -0.1) is 24.0 Å². The number of nitrogens with zero attached hydrogens (tertiary/aromatic N) is 4. The Morgan fingerprint density at radius 1 is 1.14 bits per heavy atom. The van der Waals surface area contributed by atoms with E-state index in [-0.39, 0.29) is 29.8 Å². The number of halogens is 2. The molecule has 0 saturated carbocycles. The first-order chi connectivity index (χ1) is 13.6. The molecule has 154 valence electrons. The maximum atomic E-state index is 12.9. The summed E-state index contributed by atoms with van der Waals surface area (Å²) in [6.07, 6.45) is 3.48. The van der Waals surface area contributed by atoms with Crippen LogP contribution in [0.2, 0.25) is 0 Å². The molecule has 2 aromatic heterocycles. The topological polar surface area (TPSA) is 76.4 Å². The monoisotopic (exact) mass is 510 g/mol. The van der Waals surface area contributed by atoms with Crippen LogP contribution in [0.25, 0.3) is 0 Å². The second kappa shape index (κ2) is 11.3. The number of benzene rings is 1. The normalized spacial score (nSPS) is 10.9. The first kappa shape index (κ1) is 22.6. The summed E-state index contributed by atoms with van der Waals surface area (Å²) in [7, 11) is 1.91. The predicted molar refractivity (Wildman–Crippen MR) is 121 cm³/mol. The molecule has 0 spiro atoms. The van der Waals surface area contributed by atoms with E-state index >= 15 is 0 Å². The second-order valence-electron chi connectivity index (χ2n) is 6.06. The van der Waals surface area contributed by atoms with Crippen LogP contribution < -0.4 is 15.4 Å². The number of ether oxygens (including phenoxy) is 1. The van der Waals surface area contributed by atoms with Gasteiger partial charge in [-0.1, -0.05) is 6.07 Å². The van der Waals surface area contributed by atoms with Gasteiger partial charge in [-0.05, 0) is 42.8 Å². The molecule has 0 fully saturated rings. The number of pyridine rings is 1. The zero-order valence-electron chi connectivity index (χ0n) is 16.3. The van der Waals surface area contributed by atoms with E-state index in [0.717, 1.165) is 23.8 Å². The number of guanidine groups is 1. The number of aromatic nitrogens is 3. The van der Waals surface area contributed by atoms with E-state index in [9.17, 15) is 4.39 Å². The molecule has 0 atom stereocenters. The average molecular weight is 510 g/mol. The maximum absolute atomic E-state index is 12.9. The van der Waals surface area contributed by atoms with E-state index < -0.39 is 0 Å². The summed E-state index contributed by atoms with van der Waals surface area (Å²) in [6.45, 7) is 3.89. The Bertz CT molecular complexity index is 911. The molecule has 0 unspecified atom stereocenters. The Labute approximate surface area is 186 Å². The third-order valence-electron chi connectivity index (χ3n) is 3.96. The van der Waals surface area contributed by atoms with E-state index in [0.29, 0.717) is 24.7 Å². The maximum Gasteiger partial charge on any atom is 0.219 e.